The maximum Gasteiger partial charge on any atom is 0.313 e. The smallest absolute Gasteiger partial charge is 0.313 e. The van der Waals surface area contributed by atoms with Crippen LogP contribution in [0.1, 0.15) is 18.3 Å². The van der Waals surface area contributed by atoms with Crippen LogP contribution in [0.5, 0.6) is 0 Å². The summed E-state index contributed by atoms with van der Waals surface area (Å²) in [6.07, 6.45) is 0.867. The predicted octanol–water partition coefficient (Wildman–Crippen LogP) is 1.64. The zero-order valence-electron chi connectivity index (χ0n) is 11.5. The normalized spacial score (nSPS) is 17.8. The average Bonchev–Trinajstić information content (AvgIpc) is 3.14. The molecule has 0 amide bonds. The highest BCUT2D eigenvalue weighted by molar-refractivity contribution is 7.99. The summed E-state index contributed by atoms with van der Waals surface area (Å²) in [5, 5.41) is 18.3. The van der Waals surface area contributed by atoms with Gasteiger partial charge in [0, 0.05) is 6.54 Å². The lowest BCUT2D eigenvalue weighted by Gasteiger charge is -2.14. The van der Waals surface area contributed by atoms with Crippen molar-refractivity contribution in [3.63, 3.8) is 0 Å². The molecule has 1 atom stereocenters. The van der Waals surface area contributed by atoms with E-state index in [2.05, 4.69) is 21.0 Å². The van der Waals surface area contributed by atoms with Crippen molar-refractivity contribution in [2.24, 2.45) is 0 Å². The number of rotatable bonds is 5. The number of thioether (sulfide) groups is 1. The molecule has 0 radical (unpaired) electrons. The Morgan fingerprint density at radius 1 is 1.45 bits per heavy atom. The number of halogens is 1. The Balaban J connectivity index is 2.04. The highest BCUT2D eigenvalue weighted by Gasteiger charge is 2.26. The Morgan fingerprint density at radius 3 is 2.95 bits per heavy atom. The number of nitrogens with zero attached hydrogens (tertiary/aromatic N) is 3. The van der Waals surface area contributed by atoms with E-state index in [9.17, 15) is 4.79 Å². The second kappa shape index (κ2) is 6.66. The SMILES string of the molecule is O=C(O)CSc1nnc(C2CCNN2)n1-c1ccccc1Cl. The van der Waals surface area contributed by atoms with Crippen molar-refractivity contribution in [2.45, 2.75) is 17.6 Å². The number of hydrogen-bond donors (Lipinski definition) is 3. The van der Waals surface area contributed by atoms with Crippen LogP contribution in [0, 0.1) is 0 Å². The number of carboxylic acid groups (broad SMARTS) is 1. The maximum absolute atomic E-state index is 10.8. The van der Waals surface area contributed by atoms with Crippen molar-refractivity contribution in [3.8, 4) is 5.69 Å². The highest BCUT2D eigenvalue weighted by atomic mass is 35.5. The predicted molar refractivity (Wildman–Crippen MR) is 83.2 cm³/mol. The average molecular weight is 340 g/mol. The largest absolute Gasteiger partial charge is 0.481 e. The first kappa shape index (κ1) is 15.3. The molecule has 9 heteroatoms. The molecule has 1 fully saturated rings. The molecule has 1 aliphatic heterocycles. The van der Waals surface area contributed by atoms with Crippen LogP contribution in [0.3, 0.4) is 0 Å². The van der Waals surface area contributed by atoms with Crippen molar-refractivity contribution in [1.29, 1.82) is 0 Å². The molecule has 1 aromatic heterocycles. The van der Waals surface area contributed by atoms with E-state index in [4.69, 9.17) is 16.7 Å². The molecule has 1 unspecified atom stereocenters. The fourth-order valence-corrected chi connectivity index (χ4v) is 3.16. The Labute approximate surface area is 136 Å². The minimum absolute atomic E-state index is 0.00273. The Hall–Kier alpha value is -1.61. The van der Waals surface area contributed by atoms with Crippen LogP contribution in [0.15, 0.2) is 29.4 Å². The van der Waals surface area contributed by atoms with Crippen LogP contribution >= 0.6 is 23.4 Å². The summed E-state index contributed by atoms with van der Waals surface area (Å²) in [7, 11) is 0. The molecule has 0 bridgehead atoms. The van der Waals surface area contributed by atoms with E-state index in [1.165, 1.54) is 0 Å². The van der Waals surface area contributed by atoms with Gasteiger partial charge in [0.15, 0.2) is 11.0 Å². The number of carbonyl (C=O) groups is 1. The lowest BCUT2D eigenvalue weighted by molar-refractivity contribution is -0.133. The second-order valence-electron chi connectivity index (χ2n) is 4.72. The molecule has 0 aliphatic carbocycles. The summed E-state index contributed by atoms with van der Waals surface area (Å²) in [5.74, 6) is -0.272. The Kier molecular flexibility index (Phi) is 4.63. The Bertz CT molecular complexity index is 687. The van der Waals surface area contributed by atoms with E-state index in [-0.39, 0.29) is 11.8 Å². The van der Waals surface area contributed by atoms with Crippen LogP contribution in [-0.2, 0) is 4.79 Å². The van der Waals surface area contributed by atoms with E-state index in [1.54, 1.807) is 6.07 Å². The third-order valence-electron chi connectivity index (χ3n) is 3.22. The minimum atomic E-state index is -0.902. The van der Waals surface area contributed by atoms with Gasteiger partial charge in [-0.15, -0.1) is 10.2 Å². The number of hydrogen-bond acceptors (Lipinski definition) is 6. The molecule has 2 heterocycles. The molecule has 116 valence electrons. The van der Waals surface area contributed by atoms with E-state index < -0.39 is 5.97 Å². The van der Waals surface area contributed by atoms with Gasteiger partial charge in [0.2, 0.25) is 0 Å². The Morgan fingerprint density at radius 2 is 2.27 bits per heavy atom. The molecule has 1 saturated heterocycles. The summed E-state index contributed by atoms with van der Waals surface area (Å²) in [6, 6.07) is 7.37. The fraction of sp³-hybridized carbons (Fsp3) is 0.308. The quantitative estimate of drug-likeness (QED) is 0.713. The molecule has 0 saturated carbocycles. The number of hydrazine groups is 1. The van der Waals surface area contributed by atoms with Gasteiger partial charge in [-0.1, -0.05) is 35.5 Å². The zero-order valence-corrected chi connectivity index (χ0v) is 13.1. The first-order valence-corrected chi connectivity index (χ1v) is 8.06. The molecule has 7 nitrogen and oxygen atoms in total. The summed E-state index contributed by atoms with van der Waals surface area (Å²) in [6.45, 7) is 0.831. The van der Waals surface area contributed by atoms with E-state index in [1.807, 2.05) is 22.8 Å². The zero-order chi connectivity index (χ0) is 15.5. The molecule has 22 heavy (non-hydrogen) atoms. The summed E-state index contributed by atoms with van der Waals surface area (Å²) < 4.78 is 1.82. The number of aliphatic carboxylic acids is 1. The molecule has 3 N–H and O–H groups in total. The summed E-state index contributed by atoms with van der Waals surface area (Å²) in [4.78, 5) is 10.8. The monoisotopic (exact) mass is 339 g/mol. The first-order valence-electron chi connectivity index (χ1n) is 6.70. The fourth-order valence-electron chi connectivity index (χ4n) is 2.26. The summed E-state index contributed by atoms with van der Waals surface area (Å²) >= 11 is 7.41. The number of carboxylic acids is 1. The second-order valence-corrected chi connectivity index (χ2v) is 6.07. The summed E-state index contributed by atoms with van der Waals surface area (Å²) in [5.41, 5.74) is 6.94. The lowest BCUT2D eigenvalue weighted by Crippen LogP contribution is -2.26. The topological polar surface area (TPSA) is 92.1 Å². The van der Waals surface area contributed by atoms with Gasteiger partial charge in [-0.3, -0.25) is 14.8 Å². The van der Waals surface area contributed by atoms with Crippen LogP contribution < -0.4 is 10.9 Å². The number of para-hydroxylation sites is 1. The number of benzene rings is 1. The van der Waals surface area contributed by atoms with Crippen LogP contribution in [0.25, 0.3) is 5.69 Å². The van der Waals surface area contributed by atoms with Crippen molar-refractivity contribution in [2.75, 3.05) is 12.3 Å². The third kappa shape index (κ3) is 3.09. The van der Waals surface area contributed by atoms with Gasteiger partial charge in [-0.25, -0.2) is 5.43 Å². The van der Waals surface area contributed by atoms with Crippen LogP contribution in [-0.4, -0.2) is 38.1 Å². The van der Waals surface area contributed by atoms with Crippen LogP contribution in [0.4, 0.5) is 0 Å². The molecule has 1 aromatic carbocycles. The van der Waals surface area contributed by atoms with Gasteiger partial charge in [0.25, 0.3) is 0 Å². The third-order valence-corrected chi connectivity index (χ3v) is 4.46. The molecule has 1 aliphatic rings. The molecule has 2 aromatic rings. The lowest BCUT2D eigenvalue weighted by atomic mass is 10.2. The molecule has 3 rings (SSSR count). The standard InChI is InChI=1S/C13H14ClN5O2S/c14-8-3-1-2-4-10(8)19-12(9-5-6-15-16-9)17-18-13(19)22-7-11(20)21/h1-4,9,15-16H,5-7H2,(H,20,21). The van der Waals surface area contributed by atoms with Gasteiger partial charge in [0.1, 0.15) is 0 Å². The van der Waals surface area contributed by atoms with E-state index >= 15 is 0 Å². The molecular weight excluding hydrogens is 326 g/mol. The van der Waals surface area contributed by atoms with Crippen molar-refractivity contribution in [1.82, 2.24) is 25.6 Å². The van der Waals surface area contributed by atoms with Gasteiger partial charge < -0.3 is 5.11 Å². The minimum Gasteiger partial charge on any atom is -0.481 e. The van der Waals surface area contributed by atoms with Crippen molar-refractivity contribution < 1.29 is 9.90 Å². The maximum atomic E-state index is 10.8. The van der Waals surface area contributed by atoms with Crippen molar-refractivity contribution in [3.05, 3.63) is 35.1 Å². The molecular formula is C13H14ClN5O2S. The first-order chi connectivity index (χ1) is 10.7. The van der Waals surface area contributed by atoms with E-state index in [0.717, 1.165) is 30.4 Å². The van der Waals surface area contributed by atoms with Gasteiger partial charge in [0.05, 0.1) is 22.5 Å². The van der Waals surface area contributed by atoms with E-state index in [0.29, 0.717) is 16.0 Å². The number of aromatic nitrogens is 3. The highest BCUT2D eigenvalue weighted by Crippen LogP contribution is 2.30. The molecule has 0 spiro atoms. The number of nitrogens with one attached hydrogen (secondary N) is 2. The van der Waals surface area contributed by atoms with Gasteiger partial charge >= 0.3 is 5.97 Å². The van der Waals surface area contributed by atoms with Crippen molar-refractivity contribution >= 4 is 29.3 Å². The van der Waals surface area contributed by atoms with Gasteiger partial charge in [-0.05, 0) is 18.6 Å². The van der Waals surface area contributed by atoms with Gasteiger partial charge in [-0.2, -0.15) is 0 Å². The van der Waals surface area contributed by atoms with Crippen LogP contribution in [0.2, 0.25) is 5.02 Å².